The van der Waals surface area contributed by atoms with Crippen molar-refractivity contribution in [3.8, 4) is 17.1 Å². The minimum absolute atomic E-state index is 0.179. The number of hydrogen-bond acceptors (Lipinski definition) is 5. The first kappa shape index (κ1) is 22.5. The van der Waals surface area contributed by atoms with Crippen LogP contribution in [-0.4, -0.2) is 49.4 Å². The Morgan fingerprint density at radius 1 is 1.12 bits per heavy atom. The SMILES string of the molecule is CCc1cccc(CC)c1-n1c(SCC(=O)N2CCCC(C)C2)nnc1-c1cccnc1. The summed E-state index contributed by atoms with van der Waals surface area (Å²) in [5.74, 6) is 1.88. The van der Waals surface area contributed by atoms with Crippen LogP contribution in [0.25, 0.3) is 17.1 Å². The topological polar surface area (TPSA) is 63.9 Å². The third-order valence-electron chi connectivity index (χ3n) is 6.08. The van der Waals surface area contributed by atoms with Crippen molar-refractivity contribution in [3.63, 3.8) is 0 Å². The molecule has 3 aromatic rings. The van der Waals surface area contributed by atoms with Crippen LogP contribution in [0.15, 0.2) is 47.9 Å². The molecule has 1 aliphatic rings. The molecule has 0 bridgehead atoms. The number of likely N-dealkylation sites (tertiary alicyclic amines) is 1. The fourth-order valence-electron chi connectivity index (χ4n) is 4.38. The molecular formula is C25H31N5OS. The van der Waals surface area contributed by atoms with Crippen LogP contribution in [0.1, 0.15) is 44.7 Å². The monoisotopic (exact) mass is 449 g/mol. The molecule has 6 nitrogen and oxygen atoms in total. The lowest BCUT2D eigenvalue weighted by Gasteiger charge is -2.30. The van der Waals surface area contributed by atoms with Gasteiger partial charge in [0.15, 0.2) is 11.0 Å². The predicted octanol–water partition coefficient (Wildman–Crippen LogP) is 4.80. The molecule has 1 aliphatic heterocycles. The van der Waals surface area contributed by atoms with Gasteiger partial charge in [0.25, 0.3) is 0 Å². The van der Waals surface area contributed by atoms with Crippen LogP contribution in [0.4, 0.5) is 0 Å². The minimum Gasteiger partial charge on any atom is -0.342 e. The van der Waals surface area contributed by atoms with E-state index >= 15 is 0 Å². The van der Waals surface area contributed by atoms with Crippen LogP contribution in [0, 0.1) is 5.92 Å². The number of rotatable bonds is 7. The molecule has 1 unspecified atom stereocenters. The Hall–Kier alpha value is -2.67. The summed E-state index contributed by atoms with van der Waals surface area (Å²) in [6.45, 7) is 8.26. The average Bonchev–Trinajstić information content (AvgIpc) is 3.25. The van der Waals surface area contributed by atoms with Crippen molar-refractivity contribution in [2.75, 3.05) is 18.8 Å². The standard InChI is InChI=1S/C25H31N5OS/c1-4-19-10-6-11-20(5-2)23(19)30-24(21-12-7-13-26-15-21)27-28-25(30)32-17-22(31)29-14-8-9-18(3)16-29/h6-7,10-13,15,18H,4-5,8-9,14,16-17H2,1-3H3. The van der Waals surface area contributed by atoms with Crippen molar-refractivity contribution in [2.45, 2.75) is 51.6 Å². The molecule has 32 heavy (non-hydrogen) atoms. The largest absolute Gasteiger partial charge is 0.342 e. The molecule has 1 aromatic carbocycles. The van der Waals surface area contributed by atoms with Crippen LogP contribution >= 0.6 is 11.8 Å². The number of nitrogens with zero attached hydrogens (tertiary/aromatic N) is 5. The van der Waals surface area contributed by atoms with E-state index in [0.29, 0.717) is 11.7 Å². The third kappa shape index (κ3) is 4.72. The lowest BCUT2D eigenvalue weighted by molar-refractivity contribution is -0.130. The summed E-state index contributed by atoms with van der Waals surface area (Å²) in [5.41, 5.74) is 4.53. The first-order chi connectivity index (χ1) is 15.6. The third-order valence-corrected chi connectivity index (χ3v) is 6.99. The second-order valence-electron chi connectivity index (χ2n) is 8.39. The highest BCUT2D eigenvalue weighted by Crippen LogP contribution is 2.32. The number of hydrogen-bond donors (Lipinski definition) is 0. The smallest absolute Gasteiger partial charge is 0.233 e. The van der Waals surface area contributed by atoms with E-state index in [2.05, 4.69) is 58.7 Å². The number of pyridine rings is 1. The average molecular weight is 450 g/mol. The fourth-order valence-corrected chi connectivity index (χ4v) is 5.22. The molecule has 0 aliphatic carbocycles. The number of thioether (sulfide) groups is 1. The fraction of sp³-hybridized carbons (Fsp3) is 0.440. The number of carbonyl (C=O) groups excluding carboxylic acids is 1. The highest BCUT2D eigenvalue weighted by molar-refractivity contribution is 7.99. The van der Waals surface area contributed by atoms with Crippen LogP contribution in [-0.2, 0) is 17.6 Å². The summed E-state index contributed by atoms with van der Waals surface area (Å²) in [4.78, 5) is 19.2. The summed E-state index contributed by atoms with van der Waals surface area (Å²) in [5, 5.41) is 9.82. The highest BCUT2D eigenvalue weighted by Gasteiger charge is 2.24. The molecule has 1 saturated heterocycles. The zero-order valence-corrected chi connectivity index (χ0v) is 19.9. The van der Waals surface area contributed by atoms with Crippen molar-refractivity contribution < 1.29 is 4.79 Å². The normalized spacial score (nSPS) is 16.3. The van der Waals surface area contributed by atoms with Crippen LogP contribution in [0.2, 0.25) is 0 Å². The molecule has 7 heteroatoms. The van der Waals surface area contributed by atoms with Gasteiger partial charge in [0, 0.05) is 31.0 Å². The van der Waals surface area contributed by atoms with Gasteiger partial charge in [0.2, 0.25) is 5.91 Å². The molecule has 2 aromatic heterocycles. The van der Waals surface area contributed by atoms with Crippen LogP contribution < -0.4 is 0 Å². The van der Waals surface area contributed by atoms with E-state index in [4.69, 9.17) is 0 Å². The Kier molecular flexibility index (Phi) is 7.25. The molecule has 1 amide bonds. The Morgan fingerprint density at radius 2 is 1.91 bits per heavy atom. The Labute approximate surface area is 194 Å². The van der Waals surface area contributed by atoms with Gasteiger partial charge in [-0.1, -0.05) is 50.7 Å². The molecule has 168 valence electrons. The molecule has 1 atom stereocenters. The number of carbonyl (C=O) groups is 1. The van der Waals surface area contributed by atoms with Gasteiger partial charge in [-0.3, -0.25) is 14.3 Å². The molecule has 0 spiro atoms. The van der Waals surface area contributed by atoms with Crippen molar-refractivity contribution >= 4 is 17.7 Å². The molecular weight excluding hydrogens is 418 g/mol. The molecule has 4 rings (SSSR count). The van der Waals surface area contributed by atoms with Gasteiger partial charge in [-0.25, -0.2) is 0 Å². The first-order valence-corrected chi connectivity index (χ1v) is 12.5. The predicted molar refractivity (Wildman–Crippen MR) is 129 cm³/mol. The number of amides is 1. The Balaban J connectivity index is 1.72. The number of aromatic nitrogens is 4. The van der Waals surface area contributed by atoms with Gasteiger partial charge in [-0.15, -0.1) is 10.2 Å². The van der Waals surface area contributed by atoms with Crippen molar-refractivity contribution in [1.82, 2.24) is 24.6 Å². The van der Waals surface area contributed by atoms with E-state index in [1.165, 1.54) is 29.3 Å². The lowest BCUT2D eigenvalue weighted by Crippen LogP contribution is -2.40. The maximum Gasteiger partial charge on any atom is 0.233 e. The van der Waals surface area contributed by atoms with Gasteiger partial charge in [-0.05, 0) is 54.9 Å². The number of benzene rings is 1. The summed E-state index contributed by atoms with van der Waals surface area (Å²) in [6.07, 6.45) is 7.67. The van der Waals surface area contributed by atoms with Crippen molar-refractivity contribution in [1.29, 1.82) is 0 Å². The molecule has 3 heterocycles. The highest BCUT2D eigenvalue weighted by atomic mass is 32.2. The zero-order chi connectivity index (χ0) is 22.5. The Morgan fingerprint density at radius 3 is 2.56 bits per heavy atom. The van der Waals surface area contributed by atoms with Gasteiger partial charge in [-0.2, -0.15) is 0 Å². The maximum absolute atomic E-state index is 12.9. The summed E-state index contributed by atoms with van der Waals surface area (Å²) >= 11 is 1.48. The quantitative estimate of drug-likeness (QED) is 0.485. The van der Waals surface area contributed by atoms with E-state index < -0.39 is 0 Å². The first-order valence-electron chi connectivity index (χ1n) is 11.5. The van der Waals surface area contributed by atoms with Crippen molar-refractivity contribution in [2.24, 2.45) is 5.92 Å². The van der Waals surface area contributed by atoms with E-state index in [1.807, 2.05) is 23.2 Å². The Bertz CT molecular complexity index is 1040. The van der Waals surface area contributed by atoms with Gasteiger partial charge in [0.1, 0.15) is 0 Å². The number of piperidine rings is 1. The van der Waals surface area contributed by atoms with Crippen molar-refractivity contribution in [3.05, 3.63) is 53.9 Å². The molecule has 0 radical (unpaired) electrons. The lowest BCUT2D eigenvalue weighted by atomic mass is 10.0. The van der Waals surface area contributed by atoms with Gasteiger partial charge in [0.05, 0.1) is 11.4 Å². The number of para-hydroxylation sites is 1. The molecule has 1 fully saturated rings. The van der Waals surface area contributed by atoms with E-state index in [-0.39, 0.29) is 5.91 Å². The molecule has 0 N–H and O–H groups in total. The summed E-state index contributed by atoms with van der Waals surface area (Å²) < 4.78 is 2.13. The van der Waals surface area contributed by atoms with Gasteiger partial charge < -0.3 is 4.90 Å². The second-order valence-corrected chi connectivity index (χ2v) is 9.33. The molecule has 0 saturated carbocycles. The van der Waals surface area contributed by atoms with E-state index in [9.17, 15) is 4.79 Å². The minimum atomic E-state index is 0.179. The van der Waals surface area contributed by atoms with E-state index in [0.717, 1.165) is 54.6 Å². The van der Waals surface area contributed by atoms with Crippen LogP contribution in [0.5, 0.6) is 0 Å². The maximum atomic E-state index is 12.9. The number of aryl methyl sites for hydroxylation is 2. The summed E-state index contributed by atoms with van der Waals surface area (Å²) in [6, 6.07) is 10.4. The zero-order valence-electron chi connectivity index (χ0n) is 19.1. The van der Waals surface area contributed by atoms with Crippen LogP contribution in [0.3, 0.4) is 0 Å². The van der Waals surface area contributed by atoms with Gasteiger partial charge >= 0.3 is 0 Å². The summed E-state index contributed by atoms with van der Waals surface area (Å²) in [7, 11) is 0. The second kappa shape index (κ2) is 10.3. The van der Waals surface area contributed by atoms with E-state index in [1.54, 1.807) is 6.20 Å².